The van der Waals surface area contributed by atoms with Crippen LogP contribution >= 0.6 is 0 Å². The maximum absolute atomic E-state index is 11.7. The molecule has 0 saturated carbocycles. The molecule has 0 bridgehead atoms. The van der Waals surface area contributed by atoms with E-state index in [1.165, 1.54) is 0 Å². The largest absolute Gasteiger partial charge is 0.480 e. The van der Waals surface area contributed by atoms with E-state index in [2.05, 4.69) is 4.74 Å². The zero-order valence-corrected chi connectivity index (χ0v) is 9.70. The van der Waals surface area contributed by atoms with E-state index in [0.717, 1.165) is 0 Å². The lowest BCUT2D eigenvalue weighted by atomic mass is 10.2. The fourth-order valence-electron chi connectivity index (χ4n) is 1.02. The fourth-order valence-corrected chi connectivity index (χ4v) is 1.02. The van der Waals surface area contributed by atoms with Gasteiger partial charge in [-0.25, -0.2) is 4.79 Å². The molecule has 4 N–H and O–H groups in total. The molecule has 0 fully saturated rings. The summed E-state index contributed by atoms with van der Waals surface area (Å²) in [5.74, 6) is -3.25. The predicted molar refractivity (Wildman–Crippen MR) is 54.9 cm³/mol. The molecular weight excluding hydrogens is 273 g/mol. The molecule has 0 rings (SSSR count). The number of hydrogen-bond donors (Lipinski definition) is 3. The highest BCUT2D eigenvalue weighted by molar-refractivity contribution is 5.88. The number of aliphatic carboxylic acids is 1. The summed E-state index contributed by atoms with van der Waals surface area (Å²) in [4.78, 5) is 32.3. The van der Waals surface area contributed by atoms with Gasteiger partial charge in [0.25, 0.3) is 0 Å². The van der Waals surface area contributed by atoms with Crippen LogP contribution in [0.2, 0.25) is 0 Å². The van der Waals surface area contributed by atoms with Gasteiger partial charge in [0.15, 0.2) is 0 Å². The number of carboxylic acids is 1. The van der Waals surface area contributed by atoms with E-state index in [1.54, 1.807) is 0 Å². The molecule has 0 aliphatic rings. The van der Waals surface area contributed by atoms with Crippen molar-refractivity contribution in [1.29, 1.82) is 0 Å². The minimum atomic E-state index is -4.49. The first-order chi connectivity index (χ1) is 8.61. The zero-order chi connectivity index (χ0) is 15.1. The van der Waals surface area contributed by atoms with Gasteiger partial charge in [0.2, 0.25) is 11.8 Å². The number of carboxylic acid groups (broad SMARTS) is 1. The van der Waals surface area contributed by atoms with Crippen molar-refractivity contribution in [3.63, 3.8) is 0 Å². The number of primary amides is 1. The quantitative estimate of drug-likeness (QED) is 0.515. The zero-order valence-electron chi connectivity index (χ0n) is 9.70. The van der Waals surface area contributed by atoms with Gasteiger partial charge in [-0.1, -0.05) is 0 Å². The molecule has 1 atom stereocenters. The van der Waals surface area contributed by atoms with E-state index in [4.69, 9.17) is 10.8 Å². The minimum absolute atomic E-state index is 0.460. The molecule has 0 aliphatic carbocycles. The van der Waals surface area contributed by atoms with Crippen molar-refractivity contribution in [3.8, 4) is 0 Å². The number of hydrogen-bond acceptors (Lipinski definition) is 4. The number of ether oxygens (including phenoxy) is 1. The van der Waals surface area contributed by atoms with Gasteiger partial charge in [-0.2, -0.15) is 13.2 Å². The molecule has 110 valence electrons. The highest BCUT2D eigenvalue weighted by atomic mass is 19.4. The number of carbonyl (C=O) groups excluding carboxylic acids is 2. The molecule has 10 heteroatoms. The summed E-state index contributed by atoms with van der Waals surface area (Å²) in [6, 6.07) is -1.51. The first-order valence-electron chi connectivity index (χ1n) is 5.07. The summed E-state index contributed by atoms with van der Waals surface area (Å²) in [5, 5.41) is 10.6. The van der Waals surface area contributed by atoms with E-state index in [1.807, 2.05) is 5.32 Å². The topological polar surface area (TPSA) is 119 Å². The lowest BCUT2D eigenvalue weighted by Crippen LogP contribution is -2.43. The Balaban J connectivity index is 4.00. The number of halogens is 3. The maximum atomic E-state index is 11.7. The molecule has 0 unspecified atom stereocenters. The number of nitrogens with one attached hydrogen (secondary N) is 1. The van der Waals surface area contributed by atoms with Crippen molar-refractivity contribution >= 4 is 17.8 Å². The third-order valence-electron chi connectivity index (χ3n) is 1.78. The van der Waals surface area contributed by atoms with Crippen LogP contribution in [0.1, 0.15) is 12.8 Å². The smallest absolute Gasteiger partial charge is 0.411 e. The third-order valence-corrected chi connectivity index (χ3v) is 1.78. The van der Waals surface area contributed by atoms with Crippen LogP contribution < -0.4 is 11.1 Å². The number of carbonyl (C=O) groups is 3. The number of alkyl halides is 3. The highest BCUT2D eigenvalue weighted by Crippen LogP contribution is 2.14. The standard InChI is InChI=1S/C9H13F3N2O5/c10-9(11,12)4-19-2-1-7(16)14-5(8(17)18)3-6(13)15/h5H,1-4H2,(H2,13,15)(H,14,16)(H,17,18)/t5-/m0/s1. The molecule has 2 amide bonds. The first kappa shape index (κ1) is 17.2. The highest BCUT2D eigenvalue weighted by Gasteiger charge is 2.27. The van der Waals surface area contributed by atoms with Crippen LogP contribution in [-0.2, 0) is 19.1 Å². The van der Waals surface area contributed by atoms with Gasteiger partial charge in [-0.05, 0) is 0 Å². The molecular formula is C9H13F3N2O5. The molecule has 7 nitrogen and oxygen atoms in total. The average Bonchev–Trinajstić information content (AvgIpc) is 2.21. The Morgan fingerprint density at radius 1 is 1.32 bits per heavy atom. The summed E-state index contributed by atoms with van der Waals surface area (Å²) in [7, 11) is 0. The van der Waals surface area contributed by atoms with Crippen LogP contribution in [0.4, 0.5) is 13.2 Å². The fraction of sp³-hybridized carbons (Fsp3) is 0.667. The van der Waals surface area contributed by atoms with Crippen molar-refractivity contribution in [1.82, 2.24) is 5.32 Å². The summed E-state index contributed by atoms with van der Waals surface area (Å²) in [6.07, 6.45) is -5.56. The van der Waals surface area contributed by atoms with E-state index in [0.29, 0.717) is 0 Å². The Labute approximate surface area is 105 Å². The van der Waals surface area contributed by atoms with Crippen LogP contribution in [0.5, 0.6) is 0 Å². The Hall–Kier alpha value is -1.84. The van der Waals surface area contributed by atoms with Crippen molar-refractivity contribution in [2.45, 2.75) is 25.1 Å². The monoisotopic (exact) mass is 286 g/mol. The molecule has 0 heterocycles. The van der Waals surface area contributed by atoms with Gasteiger partial charge >= 0.3 is 12.1 Å². The van der Waals surface area contributed by atoms with Crippen LogP contribution in [0, 0.1) is 0 Å². The summed E-state index contributed by atoms with van der Waals surface area (Å²) < 4.78 is 39.2. The van der Waals surface area contributed by atoms with Gasteiger partial charge < -0.3 is 20.9 Å². The Kier molecular flexibility index (Phi) is 6.83. The average molecular weight is 286 g/mol. The number of nitrogens with two attached hydrogens (primary N) is 1. The van der Waals surface area contributed by atoms with Gasteiger partial charge in [0.1, 0.15) is 12.6 Å². The molecule has 0 aliphatic heterocycles. The predicted octanol–water partition coefficient (Wildman–Crippen LogP) is -0.600. The van der Waals surface area contributed by atoms with Crippen LogP contribution in [0.15, 0.2) is 0 Å². The molecule has 0 radical (unpaired) electrons. The summed E-state index contributed by atoms with van der Waals surface area (Å²) >= 11 is 0. The van der Waals surface area contributed by atoms with Gasteiger partial charge in [-0.15, -0.1) is 0 Å². The second-order valence-electron chi connectivity index (χ2n) is 3.55. The minimum Gasteiger partial charge on any atom is -0.480 e. The lowest BCUT2D eigenvalue weighted by molar-refractivity contribution is -0.174. The molecule has 0 aromatic carbocycles. The van der Waals surface area contributed by atoms with Gasteiger partial charge in [-0.3, -0.25) is 9.59 Å². The molecule has 0 spiro atoms. The lowest BCUT2D eigenvalue weighted by Gasteiger charge is -2.13. The van der Waals surface area contributed by atoms with E-state index >= 15 is 0 Å². The second-order valence-corrected chi connectivity index (χ2v) is 3.55. The SMILES string of the molecule is NC(=O)C[C@H](NC(=O)CCOCC(F)(F)F)C(=O)O. The van der Waals surface area contributed by atoms with Crippen molar-refractivity contribution < 1.29 is 37.4 Å². The molecule has 0 aromatic heterocycles. The van der Waals surface area contributed by atoms with E-state index < -0.39 is 56.1 Å². The molecule has 0 saturated heterocycles. The van der Waals surface area contributed by atoms with Crippen molar-refractivity contribution in [2.24, 2.45) is 5.73 Å². The van der Waals surface area contributed by atoms with E-state index in [9.17, 15) is 27.6 Å². The van der Waals surface area contributed by atoms with Crippen LogP contribution in [0.25, 0.3) is 0 Å². The third kappa shape index (κ3) is 9.83. The Morgan fingerprint density at radius 2 is 1.89 bits per heavy atom. The van der Waals surface area contributed by atoms with Crippen molar-refractivity contribution in [3.05, 3.63) is 0 Å². The molecule has 0 aromatic rings. The van der Waals surface area contributed by atoms with Crippen LogP contribution in [-0.4, -0.2) is 48.3 Å². The number of rotatable bonds is 8. The number of amides is 2. The van der Waals surface area contributed by atoms with E-state index in [-0.39, 0.29) is 0 Å². The Morgan fingerprint density at radius 3 is 2.32 bits per heavy atom. The molecule has 19 heavy (non-hydrogen) atoms. The summed E-state index contributed by atoms with van der Waals surface area (Å²) in [5.41, 5.74) is 4.77. The normalized spacial score (nSPS) is 12.8. The maximum Gasteiger partial charge on any atom is 0.411 e. The van der Waals surface area contributed by atoms with Crippen LogP contribution in [0.3, 0.4) is 0 Å². The Bertz CT molecular complexity index is 345. The first-order valence-corrected chi connectivity index (χ1v) is 5.07. The summed E-state index contributed by atoms with van der Waals surface area (Å²) in [6.45, 7) is -2.02. The second kappa shape index (κ2) is 7.56. The van der Waals surface area contributed by atoms with Gasteiger partial charge in [0, 0.05) is 6.42 Å². The van der Waals surface area contributed by atoms with Crippen molar-refractivity contribution in [2.75, 3.05) is 13.2 Å². The van der Waals surface area contributed by atoms with Gasteiger partial charge in [0.05, 0.1) is 13.0 Å².